The van der Waals surface area contributed by atoms with Gasteiger partial charge in [-0.2, -0.15) is 5.10 Å². The standard InChI is InChI=1S/C13H18ClN3O2/c1-4-5-17-12(19)11(14)8(7-15-17)16-9-6-10(18)13(9,2)3/h4,7,9-10,16,18H,1,5-6H2,2-3H3. The monoisotopic (exact) mass is 283 g/mol. The van der Waals surface area contributed by atoms with Crippen molar-refractivity contribution in [3.8, 4) is 0 Å². The first-order valence-corrected chi connectivity index (χ1v) is 6.56. The maximum atomic E-state index is 11.9. The van der Waals surface area contributed by atoms with Crippen molar-refractivity contribution in [2.24, 2.45) is 5.41 Å². The summed E-state index contributed by atoms with van der Waals surface area (Å²) in [6.45, 7) is 7.83. The highest BCUT2D eigenvalue weighted by molar-refractivity contribution is 6.32. The molecule has 0 spiro atoms. The summed E-state index contributed by atoms with van der Waals surface area (Å²) in [4.78, 5) is 11.9. The Labute approximate surface area is 116 Å². The van der Waals surface area contributed by atoms with E-state index in [1.54, 1.807) is 6.08 Å². The molecule has 0 amide bonds. The molecule has 0 bridgehead atoms. The van der Waals surface area contributed by atoms with Crippen LogP contribution in [0.25, 0.3) is 0 Å². The minimum Gasteiger partial charge on any atom is -0.392 e. The lowest BCUT2D eigenvalue weighted by Crippen LogP contribution is -2.57. The summed E-state index contributed by atoms with van der Waals surface area (Å²) in [6.07, 6.45) is 3.42. The minimum atomic E-state index is -0.343. The Bertz CT molecular complexity index is 553. The van der Waals surface area contributed by atoms with E-state index in [-0.39, 0.29) is 28.1 Å². The number of hydrogen-bond acceptors (Lipinski definition) is 4. The third kappa shape index (κ3) is 2.40. The molecule has 1 heterocycles. The number of hydrogen-bond donors (Lipinski definition) is 2. The van der Waals surface area contributed by atoms with E-state index in [4.69, 9.17) is 11.6 Å². The number of nitrogens with zero attached hydrogens (tertiary/aromatic N) is 2. The van der Waals surface area contributed by atoms with Crippen LogP contribution < -0.4 is 10.9 Å². The number of aliphatic hydroxyl groups is 1. The molecule has 1 aromatic heterocycles. The fourth-order valence-electron chi connectivity index (χ4n) is 2.15. The van der Waals surface area contributed by atoms with E-state index < -0.39 is 0 Å². The van der Waals surface area contributed by atoms with Gasteiger partial charge in [-0.3, -0.25) is 4.79 Å². The van der Waals surface area contributed by atoms with Crippen molar-refractivity contribution in [2.75, 3.05) is 5.32 Å². The van der Waals surface area contributed by atoms with Crippen LogP contribution in [0.1, 0.15) is 20.3 Å². The molecule has 0 radical (unpaired) electrons. The zero-order chi connectivity index (χ0) is 14.2. The summed E-state index contributed by atoms with van der Waals surface area (Å²) in [6, 6.07) is 0.0801. The lowest BCUT2D eigenvalue weighted by molar-refractivity contribution is -0.0510. The Morgan fingerprint density at radius 2 is 2.42 bits per heavy atom. The molecule has 19 heavy (non-hydrogen) atoms. The molecular formula is C13H18ClN3O2. The quantitative estimate of drug-likeness (QED) is 0.825. The van der Waals surface area contributed by atoms with Gasteiger partial charge < -0.3 is 10.4 Å². The van der Waals surface area contributed by atoms with Crippen LogP contribution in [-0.4, -0.2) is 27.0 Å². The third-order valence-electron chi connectivity index (χ3n) is 3.83. The maximum absolute atomic E-state index is 11.9. The molecule has 1 aliphatic carbocycles. The highest BCUT2D eigenvalue weighted by Gasteiger charge is 2.47. The summed E-state index contributed by atoms with van der Waals surface area (Å²) in [5.41, 5.74) is -0.0690. The average molecular weight is 284 g/mol. The molecule has 0 aromatic carbocycles. The lowest BCUT2D eigenvalue weighted by Gasteiger charge is -2.49. The Kier molecular flexibility index (Phi) is 3.69. The number of aromatic nitrogens is 2. The van der Waals surface area contributed by atoms with Crippen LogP contribution in [0.3, 0.4) is 0 Å². The van der Waals surface area contributed by atoms with Crippen LogP contribution in [0, 0.1) is 5.41 Å². The van der Waals surface area contributed by atoms with Crippen LogP contribution in [0.4, 0.5) is 5.69 Å². The van der Waals surface area contributed by atoms with E-state index in [0.717, 1.165) is 0 Å². The Hall–Kier alpha value is -1.33. The molecule has 2 rings (SSSR count). The SMILES string of the molecule is C=CCn1ncc(NC2CC(O)C2(C)C)c(Cl)c1=O. The van der Waals surface area contributed by atoms with Crippen LogP contribution >= 0.6 is 11.6 Å². The van der Waals surface area contributed by atoms with Crippen molar-refractivity contribution >= 4 is 17.3 Å². The lowest BCUT2D eigenvalue weighted by atomic mass is 9.64. The molecule has 2 N–H and O–H groups in total. The van der Waals surface area contributed by atoms with E-state index in [0.29, 0.717) is 18.7 Å². The molecule has 104 valence electrons. The predicted molar refractivity (Wildman–Crippen MR) is 75.5 cm³/mol. The number of anilines is 1. The zero-order valence-corrected chi connectivity index (χ0v) is 11.8. The van der Waals surface area contributed by atoms with Gasteiger partial charge in [-0.25, -0.2) is 4.68 Å². The van der Waals surface area contributed by atoms with Crippen LogP contribution in [-0.2, 0) is 6.54 Å². The summed E-state index contributed by atoms with van der Waals surface area (Å²) in [5.74, 6) is 0. The van der Waals surface area contributed by atoms with Gasteiger partial charge in [0.1, 0.15) is 5.02 Å². The summed E-state index contributed by atoms with van der Waals surface area (Å²) >= 11 is 6.06. The maximum Gasteiger partial charge on any atom is 0.287 e. The fourth-order valence-corrected chi connectivity index (χ4v) is 2.35. The van der Waals surface area contributed by atoms with Crippen molar-refractivity contribution in [1.29, 1.82) is 0 Å². The second-order valence-electron chi connectivity index (χ2n) is 5.42. The van der Waals surface area contributed by atoms with Gasteiger partial charge in [-0.05, 0) is 6.42 Å². The van der Waals surface area contributed by atoms with E-state index >= 15 is 0 Å². The summed E-state index contributed by atoms with van der Waals surface area (Å²) in [7, 11) is 0. The van der Waals surface area contributed by atoms with Crippen LogP contribution in [0.15, 0.2) is 23.6 Å². The van der Waals surface area contributed by atoms with E-state index in [1.807, 2.05) is 13.8 Å². The van der Waals surface area contributed by atoms with Gasteiger partial charge in [0.25, 0.3) is 5.56 Å². The van der Waals surface area contributed by atoms with Crippen LogP contribution in [0.5, 0.6) is 0 Å². The molecule has 2 atom stereocenters. The van der Waals surface area contributed by atoms with Gasteiger partial charge in [0.2, 0.25) is 0 Å². The van der Waals surface area contributed by atoms with Gasteiger partial charge in [-0.1, -0.05) is 31.5 Å². The zero-order valence-electron chi connectivity index (χ0n) is 11.1. The second kappa shape index (κ2) is 4.98. The number of aliphatic hydroxyl groups excluding tert-OH is 1. The Morgan fingerprint density at radius 1 is 1.74 bits per heavy atom. The first-order valence-electron chi connectivity index (χ1n) is 6.19. The fraction of sp³-hybridized carbons (Fsp3) is 0.538. The van der Waals surface area contributed by atoms with Gasteiger partial charge in [0, 0.05) is 11.5 Å². The average Bonchev–Trinajstić information content (AvgIpc) is 2.37. The predicted octanol–water partition coefficient (Wildman–Crippen LogP) is 1.65. The van der Waals surface area contributed by atoms with Crippen molar-refractivity contribution in [3.05, 3.63) is 34.2 Å². The Balaban J connectivity index is 2.21. The van der Waals surface area contributed by atoms with Crippen molar-refractivity contribution < 1.29 is 5.11 Å². The topological polar surface area (TPSA) is 67.2 Å². The number of allylic oxidation sites excluding steroid dienone is 1. The smallest absolute Gasteiger partial charge is 0.287 e. The first kappa shape index (κ1) is 14.1. The van der Waals surface area contributed by atoms with Gasteiger partial charge in [0.05, 0.1) is 24.5 Å². The van der Waals surface area contributed by atoms with Gasteiger partial charge >= 0.3 is 0 Å². The highest BCUT2D eigenvalue weighted by Crippen LogP contribution is 2.42. The molecule has 6 heteroatoms. The van der Waals surface area contributed by atoms with Gasteiger partial charge in [-0.15, -0.1) is 6.58 Å². The minimum absolute atomic E-state index is 0.0801. The highest BCUT2D eigenvalue weighted by atomic mass is 35.5. The van der Waals surface area contributed by atoms with Gasteiger partial charge in [0.15, 0.2) is 0 Å². The third-order valence-corrected chi connectivity index (χ3v) is 4.20. The van der Waals surface area contributed by atoms with E-state index in [2.05, 4.69) is 17.0 Å². The Morgan fingerprint density at radius 3 is 2.95 bits per heavy atom. The van der Waals surface area contributed by atoms with Crippen LogP contribution in [0.2, 0.25) is 5.02 Å². The molecule has 1 saturated carbocycles. The molecule has 2 unspecified atom stereocenters. The largest absolute Gasteiger partial charge is 0.392 e. The number of nitrogens with one attached hydrogen (secondary N) is 1. The molecule has 1 fully saturated rings. The first-order chi connectivity index (χ1) is 8.87. The molecule has 1 aromatic rings. The molecule has 1 aliphatic rings. The van der Waals surface area contributed by atoms with Crippen molar-refractivity contribution in [1.82, 2.24) is 9.78 Å². The molecule has 5 nitrogen and oxygen atoms in total. The summed E-state index contributed by atoms with van der Waals surface area (Å²) < 4.78 is 1.25. The number of halogens is 1. The van der Waals surface area contributed by atoms with Crippen molar-refractivity contribution in [3.63, 3.8) is 0 Å². The van der Waals surface area contributed by atoms with Crippen molar-refractivity contribution in [2.45, 2.75) is 39.0 Å². The number of rotatable bonds is 4. The second-order valence-corrected chi connectivity index (χ2v) is 5.80. The summed E-state index contributed by atoms with van der Waals surface area (Å²) in [5, 5.41) is 17.0. The van der Waals surface area contributed by atoms with E-state index in [1.165, 1.54) is 10.9 Å². The normalized spacial score (nSPS) is 24.6. The molecular weight excluding hydrogens is 266 g/mol. The molecule has 0 saturated heterocycles. The molecule has 0 aliphatic heterocycles. The van der Waals surface area contributed by atoms with E-state index in [9.17, 15) is 9.90 Å².